The van der Waals surface area contributed by atoms with Gasteiger partial charge in [0.05, 0.1) is 22.6 Å². The maximum absolute atomic E-state index is 15.4. The number of rotatable bonds is 8. The maximum atomic E-state index is 15.4. The van der Waals surface area contributed by atoms with E-state index in [9.17, 15) is 34.8 Å². The Hall–Kier alpha value is -4.25. The van der Waals surface area contributed by atoms with Gasteiger partial charge in [-0.2, -0.15) is 26.3 Å². The van der Waals surface area contributed by atoms with Gasteiger partial charge in [-0.25, -0.2) is 17.2 Å². The van der Waals surface area contributed by atoms with Gasteiger partial charge in [0.2, 0.25) is 0 Å². The number of hydrogen-bond donors (Lipinski definition) is 0. The van der Waals surface area contributed by atoms with E-state index in [-0.39, 0.29) is 22.3 Å². The summed E-state index contributed by atoms with van der Waals surface area (Å²) in [6, 6.07) is 16.5. The van der Waals surface area contributed by atoms with Crippen LogP contribution in [0.15, 0.2) is 72.8 Å². The number of aryl methyl sites for hydroxylation is 2. The molecule has 2 aliphatic rings. The van der Waals surface area contributed by atoms with Gasteiger partial charge >= 0.3 is 12.4 Å². The van der Waals surface area contributed by atoms with E-state index >= 15 is 8.78 Å². The molecule has 11 heteroatoms. The van der Waals surface area contributed by atoms with Crippen molar-refractivity contribution >= 4 is 32.1 Å². The van der Waals surface area contributed by atoms with Crippen molar-refractivity contribution in [2.75, 3.05) is 0 Å². The van der Waals surface area contributed by atoms with E-state index in [1.807, 2.05) is 0 Å². The number of sulfone groups is 1. The lowest BCUT2D eigenvalue weighted by atomic mass is 9.94. The Labute approximate surface area is 291 Å². The van der Waals surface area contributed by atoms with Crippen LogP contribution in [0.25, 0.3) is 22.3 Å². The van der Waals surface area contributed by atoms with Crippen molar-refractivity contribution in [1.82, 2.24) is 0 Å². The number of alkyl halides is 6. The molecule has 4 aromatic carbocycles. The highest BCUT2D eigenvalue weighted by Gasteiger charge is 2.34. The molecule has 2 nitrogen and oxygen atoms in total. The Kier molecular flexibility index (Phi) is 9.82. The third-order valence-electron chi connectivity index (χ3n) is 9.77. The summed E-state index contributed by atoms with van der Waals surface area (Å²) in [6.07, 6.45) is -5.62. The van der Waals surface area contributed by atoms with E-state index in [4.69, 9.17) is 0 Å². The summed E-state index contributed by atoms with van der Waals surface area (Å²) in [5.74, 6) is -3.00. The highest BCUT2D eigenvalue weighted by atomic mass is 32.2. The lowest BCUT2D eigenvalue weighted by molar-refractivity contribution is -0.138. The van der Waals surface area contributed by atoms with Crippen molar-refractivity contribution in [3.05, 3.63) is 140 Å². The fraction of sp³-hybridized carbons (Fsp3) is 0.300. The molecule has 0 unspecified atom stereocenters. The number of allylic oxidation sites excluding steroid dienone is 4. The standard InChI is InChI=1S/C40H34F8O2S/c1-23-9-11-25(17-35(23)39(43,44)45)31-5-3-7-33(31)27-13-15-29(37(41)19-27)21-51(49,50)22-30-16-14-28(20-38(30)42)34-8-4-6-32(34)26-12-10-24(2)36(18-26)40(46,47)48/h9-20H,3-8,21-22H2,1-2H3. The molecule has 0 radical (unpaired) electrons. The molecule has 268 valence electrons. The first-order valence-electron chi connectivity index (χ1n) is 16.5. The smallest absolute Gasteiger partial charge is 0.228 e. The van der Waals surface area contributed by atoms with Gasteiger partial charge in [-0.05, 0) is 132 Å². The first-order chi connectivity index (χ1) is 23.9. The van der Waals surface area contributed by atoms with Crippen LogP contribution in [0.1, 0.15) is 94.2 Å². The Morgan fingerprint density at radius 3 is 1.14 bits per heavy atom. The highest BCUT2D eigenvalue weighted by molar-refractivity contribution is 7.89. The topological polar surface area (TPSA) is 34.1 Å². The monoisotopic (exact) mass is 730 g/mol. The molecular formula is C40H34F8O2S. The number of hydrogen-bond acceptors (Lipinski definition) is 2. The van der Waals surface area contributed by atoms with E-state index in [2.05, 4.69) is 0 Å². The molecule has 0 spiro atoms. The van der Waals surface area contributed by atoms with Crippen LogP contribution in [-0.4, -0.2) is 8.42 Å². The number of halogens is 8. The van der Waals surface area contributed by atoms with Crippen molar-refractivity contribution in [2.24, 2.45) is 0 Å². The van der Waals surface area contributed by atoms with Crippen LogP contribution in [0, 0.1) is 25.5 Å². The molecule has 0 bridgehead atoms. The minimum Gasteiger partial charge on any atom is -0.228 e. The van der Waals surface area contributed by atoms with Crippen LogP contribution in [-0.2, 0) is 33.7 Å². The summed E-state index contributed by atoms with van der Waals surface area (Å²) in [5.41, 5.74) is 2.99. The summed E-state index contributed by atoms with van der Waals surface area (Å²) in [7, 11) is -4.07. The molecule has 0 aliphatic heterocycles. The second kappa shape index (κ2) is 13.7. The molecule has 0 aromatic heterocycles. The molecule has 0 atom stereocenters. The van der Waals surface area contributed by atoms with E-state index in [0.29, 0.717) is 83.1 Å². The van der Waals surface area contributed by atoms with Crippen LogP contribution in [0.5, 0.6) is 0 Å². The van der Waals surface area contributed by atoms with Gasteiger partial charge in [0.15, 0.2) is 9.84 Å². The predicted octanol–water partition coefficient (Wildman–Crippen LogP) is 11.9. The summed E-state index contributed by atoms with van der Waals surface area (Å²) >= 11 is 0. The zero-order valence-electron chi connectivity index (χ0n) is 27.8. The quantitative estimate of drug-likeness (QED) is 0.169. The average molecular weight is 731 g/mol. The van der Waals surface area contributed by atoms with Gasteiger partial charge in [-0.3, -0.25) is 0 Å². The summed E-state index contributed by atoms with van der Waals surface area (Å²) < 4.78 is 139. The molecular weight excluding hydrogens is 696 g/mol. The van der Waals surface area contributed by atoms with Crippen LogP contribution in [0.4, 0.5) is 35.1 Å². The van der Waals surface area contributed by atoms with Crippen molar-refractivity contribution in [3.8, 4) is 0 Å². The zero-order valence-corrected chi connectivity index (χ0v) is 28.7. The summed E-state index contributed by atoms with van der Waals surface area (Å²) in [4.78, 5) is 0. The average Bonchev–Trinajstić information content (AvgIpc) is 3.73. The highest BCUT2D eigenvalue weighted by Crippen LogP contribution is 2.44. The van der Waals surface area contributed by atoms with Crippen molar-refractivity contribution in [1.29, 1.82) is 0 Å². The molecule has 4 aromatic rings. The molecule has 0 fully saturated rings. The molecule has 0 saturated carbocycles. The first-order valence-corrected chi connectivity index (χ1v) is 18.3. The minimum absolute atomic E-state index is 0.100. The SMILES string of the molecule is Cc1ccc(C2=C(c3ccc(CS(=O)(=O)Cc4ccc(C5=C(c6ccc(C)c(C(F)(F)F)c6)CCC5)cc4F)c(F)c3)CCC2)cc1C(F)(F)F. The van der Waals surface area contributed by atoms with Crippen molar-refractivity contribution in [2.45, 2.75) is 76.2 Å². The molecule has 0 amide bonds. The van der Waals surface area contributed by atoms with Crippen LogP contribution >= 0.6 is 0 Å². The van der Waals surface area contributed by atoms with E-state index in [1.54, 1.807) is 24.3 Å². The van der Waals surface area contributed by atoms with Gasteiger partial charge in [0.1, 0.15) is 11.6 Å². The van der Waals surface area contributed by atoms with Gasteiger partial charge in [-0.15, -0.1) is 0 Å². The van der Waals surface area contributed by atoms with Gasteiger partial charge in [0, 0.05) is 11.1 Å². The van der Waals surface area contributed by atoms with Crippen LogP contribution in [0.2, 0.25) is 0 Å². The Morgan fingerprint density at radius 2 is 0.824 bits per heavy atom. The van der Waals surface area contributed by atoms with Gasteiger partial charge in [-0.1, -0.05) is 48.5 Å². The Balaban J connectivity index is 1.21. The second-order valence-corrected chi connectivity index (χ2v) is 15.4. The zero-order chi connectivity index (χ0) is 36.9. The van der Waals surface area contributed by atoms with Crippen molar-refractivity contribution in [3.63, 3.8) is 0 Å². The minimum atomic E-state index is -4.52. The van der Waals surface area contributed by atoms with E-state index < -0.39 is 56.5 Å². The molecule has 0 saturated heterocycles. The largest absolute Gasteiger partial charge is 0.416 e. The summed E-state index contributed by atoms with van der Waals surface area (Å²) in [5, 5.41) is 0. The fourth-order valence-electron chi connectivity index (χ4n) is 7.22. The number of benzene rings is 4. The van der Waals surface area contributed by atoms with E-state index in [1.165, 1.54) is 50.2 Å². The molecule has 51 heavy (non-hydrogen) atoms. The molecule has 0 heterocycles. The molecule has 6 rings (SSSR count). The lowest BCUT2D eigenvalue weighted by Gasteiger charge is -2.15. The molecule has 2 aliphatic carbocycles. The molecule has 0 N–H and O–H groups in total. The van der Waals surface area contributed by atoms with Crippen molar-refractivity contribution < 1.29 is 43.5 Å². The third kappa shape index (κ3) is 7.83. The maximum Gasteiger partial charge on any atom is 0.416 e. The Bertz CT molecular complexity index is 2040. The fourth-order valence-corrected chi connectivity index (χ4v) is 8.74. The summed E-state index contributed by atoms with van der Waals surface area (Å²) in [6.45, 7) is 2.78. The van der Waals surface area contributed by atoms with Crippen LogP contribution < -0.4 is 0 Å². The Morgan fingerprint density at radius 1 is 0.510 bits per heavy atom. The normalized spacial score (nSPS) is 15.7. The third-order valence-corrected chi connectivity index (χ3v) is 11.3. The van der Waals surface area contributed by atoms with Gasteiger partial charge in [0.25, 0.3) is 0 Å². The lowest BCUT2D eigenvalue weighted by Crippen LogP contribution is -2.10. The second-order valence-electron chi connectivity index (χ2n) is 13.3. The van der Waals surface area contributed by atoms with Gasteiger partial charge < -0.3 is 0 Å². The predicted molar refractivity (Wildman–Crippen MR) is 183 cm³/mol. The van der Waals surface area contributed by atoms with E-state index in [0.717, 1.165) is 12.1 Å². The van der Waals surface area contributed by atoms with Crippen LogP contribution in [0.3, 0.4) is 0 Å². The first kappa shape index (κ1) is 36.5.